The molecule has 0 saturated carbocycles. The quantitative estimate of drug-likeness (QED) is 0.529. The number of amides is 1. The second-order valence-corrected chi connectivity index (χ2v) is 8.52. The van der Waals surface area contributed by atoms with Gasteiger partial charge < -0.3 is 10.6 Å². The summed E-state index contributed by atoms with van der Waals surface area (Å²) in [6.45, 7) is 4.49. The van der Waals surface area contributed by atoms with Gasteiger partial charge in [-0.1, -0.05) is 0 Å². The van der Waals surface area contributed by atoms with Crippen molar-refractivity contribution in [3.63, 3.8) is 0 Å². The molecule has 4 heterocycles. The van der Waals surface area contributed by atoms with Crippen molar-refractivity contribution < 1.29 is 4.79 Å². The number of rotatable bonds is 7. The Morgan fingerprint density at radius 2 is 2.16 bits per heavy atom. The number of nitrogens with zero attached hydrogens (tertiary/aromatic N) is 6. The Hall–Kier alpha value is -3.42. The number of aromatic nitrogens is 4. The maximum Gasteiger partial charge on any atom is 0.271 e. The number of aryl methyl sites for hydroxylation is 1. The molecule has 1 saturated heterocycles. The highest BCUT2D eigenvalue weighted by Gasteiger charge is 2.23. The van der Waals surface area contributed by atoms with E-state index in [0.29, 0.717) is 35.6 Å². The van der Waals surface area contributed by atoms with Crippen LogP contribution in [-0.4, -0.2) is 50.4 Å². The van der Waals surface area contributed by atoms with Gasteiger partial charge >= 0.3 is 0 Å². The Bertz CT molecular complexity index is 1110. The van der Waals surface area contributed by atoms with E-state index < -0.39 is 0 Å². The lowest BCUT2D eigenvalue weighted by atomic mass is 9.94. The van der Waals surface area contributed by atoms with E-state index in [4.69, 9.17) is 5.26 Å². The van der Waals surface area contributed by atoms with Crippen LogP contribution in [0.15, 0.2) is 36.0 Å². The average Bonchev–Trinajstić information content (AvgIpc) is 3.27. The number of piperidine rings is 1. The monoisotopic (exact) mass is 448 g/mol. The van der Waals surface area contributed by atoms with Gasteiger partial charge in [-0.05, 0) is 44.0 Å². The zero-order valence-electron chi connectivity index (χ0n) is 17.8. The van der Waals surface area contributed by atoms with Crippen molar-refractivity contribution >= 4 is 28.2 Å². The van der Waals surface area contributed by atoms with Crippen LogP contribution in [0.5, 0.6) is 0 Å². The van der Waals surface area contributed by atoms with Crippen LogP contribution >= 0.6 is 11.3 Å². The highest BCUT2D eigenvalue weighted by Crippen LogP contribution is 2.28. The molecule has 32 heavy (non-hydrogen) atoms. The number of likely N-dealkylation sites (tertiary alicyclic amines) is 1. The number of carbonyl (C=O) groups excluding carboxylic acids is 1. The van der Waals surface area contributed by atoms with Crippen molar-refractivity contribution in [3.8, 4) is 6.07 Å². The fourth-order valence-electron chi connectivity index (χ4n) is 3.72. The van der Waals surface area contributed by atoms with Crippen LogP contribution < -0.4 is 10.6 Å². The number of hydrogen-bond donors (Lipinski definition) is 2. The Balaban J connectivity index is 1.41. The second-order valence-electron chi connectivity index (χ2n) is 7.66. The van der Waals surface area contributed by atoms with Crippen molar-refractivity contribution in [3.05, 3.63) is 58.7 Å². The largest absolute Gasteiger partial charge is 0.347 e. The van der Waals surface area contributed by atoms with Crippen LogP contribution in [0.25, 0.3) is 0 Å². The van der Waals surface area contributed by atoms with Gasteiger partial charge in [0.05, 0.1) is 18.3 Å². The molecule has 0 unspecified atom stereocenters. The molecule has 10 heteroatoms. The van der Waals surface area contributed by atoms with Crippen molar-refractivity contribution in [2.24, 2.45) is 0 Å². The first-order valence-corrected chi connectivity index (χ1v) is 11.3. The summed E-state index contributed by atoms with van der Waals surface area (Å²) >= 11 is 1.35. The molecule has 2 N–H and O–H groups in total. The molecular weight excluding hydrogens is 424 g/mol. The van der Waals surface area contributed by atoms with E-state index in [9.17, 15) is 4.79 Å². The number of carbonyl (C=O) groups is 1. The zero-order chi connectivity index (χ0) is 22.3. The lowest BCUT2D eigenvalue weighted by Crippen LogP contribution is -2.35. The zero-order valence-corrected chi connectivity index (χ0v) is 18.6. The van der Waals surface area contributed by atoms with Gasteiger partial charge in [-0.2, -0.15) is 5.26 Å². The Morgan fingerprint density at radius 3 is 2.97 bits per heavy atom. The lowest BCUT2D eigenvalue weighted by molar-refractivity contribution is 0.0946. The fraction of sp³-hybridized carbons (Fsp3) is 0.364. The van der Waals surface area contributed by atoms with Crippen molar-refractivity contribution in [2.75, 3.05) is 25.0 Å². The fourth-order valence-corrected chi connectivity index (χ4v) is 4.42. The maximum atomic E-state index is 12.4. The number of anilines is 2. The van der Waals surface area contributed by atoms with Crippen molar-refractivity contribution in [2.45, 2.75) is 32.2 Å². The average molecular weight is 449 g/mol. The molecule has 0 spiro atoms. The maximum absolute atomic E-state index is 12.4. The minimum absolute atomic E-state index is 0.231. The second kappa shape index (κ2) is 10.3. The molecule has 1 aliphatic rings. The third-order valence-corrected chi connectivity index (χ3v) is 6.01. The highest BCUT2D eigenvalue weighted by atomic mass is 32.1. The van der Waals surface area contributed by atoms with Crippen LogP contribution in [0, 0.1) is 18.3 Å². The third-order valence-electron chi connectivity index (χ3n) is 5.25. The third kappa shape index (κ3) is 5.63. The Morgan fingerprint density at radius 1 is 1.31 bits per heavy atom. The van der Waals surface area contributed by atoms with Crippen molar-refractivity contribution in [1.82, 2.24) is 30.2 Å². The first kappa shape index (κ1) is 21.8. The summed E-state index contributed by atoms with van der Waals surface area (Å²) < 4.78 is 0. The molecule has 1 amide bonds. The highest BCUT2D eigenvalue weighted by molar-refractivity contribution is 7.14. The van der Waals surface area contributed by atoms with Gasteiger partial charge in [-0.3, -0.25) is 14.7 Å². The molecule has 1 fully saturated rings. The lowest BCUT2D eigenvalue weighted by Gasteiger charge is -2.30. The van der Waals surface area contributed by atoms with Gasteiger partial charge in [0.2, 0.25) is 0 Å². The van der Waals surface area contributed by atoms with E-state index >= 15 is 0 Å². The topological polar surface area (TPSA) is 120 Å². The van der Waals surface area contributed by atoms with E-state index in [1.54, 1.807) is 17.8 Å². The van der Waals surface area contributed by atoms with E-state index in [1.165, 1.54) is 11.3 Å². The molecule has 1 atom stereocenters. The van der Waals surface area contributed by atoms with E-state index in [-0.39, 0.29) is 11.8 Å². The number of hydrogen-bond acceptors (Lipinski definition) is 9. The standard InChI is InChI=1S/C22H24N8OS/c1-15-26-18(17-3-2-9-30(13-17)10-6-23)11-20(27-15)29-22-28-19(14-32-22)21(31)25-12-16-4-7-24-8-5-16/h4-5,7-8,11,14,17H,2-3,9-10,12-13H2,1H3,(H,25,31)(H,26,27,28,29)/t17-/m0/s1. The summed E-state index contributed by atoms with van der Waals surface area (Å²) in [4.78, 5) is 32.1. The predicted octanol–water partition coefficient (Wildman–Crippen LogP) is 3.01. The van der Waals surface area contributed by atoms with E-state index in [2.05, 4.69) is 41.5 Å². The van der Waals surface area contributed by atoms with Gasteiger partial charge in [-0.15, -0.1) is 11.3 Å². The summed E-state index contributed by atoms with van der Waals surface area (Å²) in [6.07, 6.45) is 5.47. The SMILES string of the molecule is Cc1nc(Nc2nc(C(=O)NCc3ccncc3)cs2)cc([C@H]2CCCN(CC#N)C2)n1. The van der Waals surface area contributed by atoms with Gasteiger partial charge in [0.25, 0.3) is 5.91 Å². The summed E-state index contributed by atoms with van der Waals surface area (Å²) in [5.41, 5.74) is 2.30. The Labute approximate surface area is 190 Å². The van der Waals surface area contributed by atoms with Crippen molar-refractivity contribution in [1.29, 1.82) is 5.26 Å². The molecule has 0 aromatic carbocycles. The van der Waals surface area contributed by atoms with Crippen LogP contribution in [0.1, 0.15) is 46.3 Å². The molecular formula is C22H24N8OS. The van der Waals surface area contributed by atoms with Crippen LogP contribution in [-0.2, 0) is 6.54 Å². The summed E-state index contributed by atoms with van der Waals surface area (Å²) in [5.74, 6) is 1.37. The molecule has 9 nitrogen and oxygen atoms in total. The van der Waals surface area contributed by atoms with Crippen LogP contribution in [0.3, 0.4) is 0 Å². The first-order valence-electron chi connectivity index (χ1n) is 10.5. The minimum atomic E-state index is -0.231. The normalized spacial score (nSPS) is 16.3. The molecule has 1 aliphatic heterocycles. The molecule has 164 valence electrons. The number of pyridine rings is 1. The molecule has 4 rings (SSSR count). The van der Waals surface area contributed by atoms with Gasteiger partial charge in [0.1, 0.15) is 17.3 Å². The van der Waals surface area contributed by atoms with Crippen LogP contribution in [0.2, 0.25) is 0 Å². The predicted molar refractivity (Wildman–Crippen MR) is 122 cm³/mol. The number of nitriles is 1. The minimum Gasteiger partial charge on any atom is -0.347 e. The number of thiazole rings is 1. The summed E-state index contributed by atoms with van der Waals surface area (Å²) in [7, 11) is 0. The van der Waals surface area contributed by atoms with Gasteiger partial charge in [0.15, 0.2) is 5.13 Å². The van der Waals surface area contributed by atoms with E-state index in [1.807, 2.05) is 25.1 Å². The molecule has 0 radical (unpaired) electrons. The Kier molecular flexibility index (Phi) is 6.99. The first-order chi connectivity index (χ1) is 15.6. The van der Waals surface area contributed by atoms with E-state index in [0.717, 1.165) is 37.2 Å². The molecule has 3 aromatic rings. The van der Waals surface area contributed by atoms with Crippen LogP contribution in [0.4, 0.5) is 10.9 Å². The molecule has 3 aromatic heterocycles. The molecule has 0 aliphatic carbocycles. The molecule has 0 bridgehead atoms. The smallest absolute Gasteiger partial charge is 0.271 e. The summed E-state index contributed by atoms with van der Waals surface area (Å²) in [5, 5.41) is 17.4. The summed E-state index contributed by atoms with van der Waals surface area (Å²) in [6, 6.07) is 7.89. The van der Waals surface area contributed by atoms with Gasteiger partial charge in [0, 0.05) is 42.8 Å². The number of nitrogens with one attached hydrogen (secondary N) is 2. The van der Waals surface area contributed by atoms with Gasteiger partial charge in [-0.25, -0.2) is 15.0 Å².